The maximum absolute atomic E-state index is 11.4. The van der Waals surface area contributed by atoms with Crippen molar-refractivity contribution in [1.82, 2.24) is 0 Å². The molecule has 14 heavy (non-hydrogen) atoms. The molecule has 1 aromatic rings. The van der Waals surface area contributed by atoms with E-state index in [9.17, 15) is 9.59 Å². The lowest BCUT2D eigenvalue weighted by Crippen LogP contribution is -2.15. The summed E-state index contributed by atoms with van der Waals surface area (Å²) >= 11 is 0. The van der Waals surface area contributed by atoms with Gasteiger partial charge in [0.15, 0.2) is 5.78 Å². The number of ether oxygens (including phenoxy) is 1. The molecular weight excluding hydrogens is 182 g/mol. The lowest BCUT2D eigenvalue weighted by atomic mass is 10.1. The van der Waals surface area contributed by atoms with Crippen molar-refractivity contribution < 1.29 is 14.3 Å². The highest BCUT2D eigenvalue weighted by Crippen LogP contribution is 2.02. The molecule has 1 rings (SSSR count). The van der Waals surface area contributed by atoms with E-state index in [1.54, 1.807) is 24.3 Å². The number of benzene rings is 1. The summed E-state index contributed by atoms with van der Waals surface area (Å²) in [6.45, 7) is 0.0308. The summed E-state index contributed by atoms with van der Waals surface area (Å²) in [4.78, 5) is 21.6. The molecule has 4 nitrogen and oxygen atoms in total. The van der Waals surface area contributed by atoms with Crippen molar-refractivity contribution >= 4 is 11.9 Å². The van der Waals surface area contributed by atoms with Gasteiger partial charge in [-0.2, -0.15) is 0 Å². The molecule has 0 heterocycles. The lowest BCUT2D eigenvalue weighted by molar-refractivity contribution is 0.0940. The average molecular weight is 193 g/mol. The Balaban J connectivity index is 2.40. The van der Waals surface area contributed by atoms with Gasteiger partial charge in [0, 0.05) is 12.0 Å². The molecule has 0 bridgehead atoms. The van der Waals surface area contributed by atoms with Crippen molar-refractivity contribution in [2.24, 2.45) is 5.73 Å². The minimum absolute atomic E-state index is 0.0308. The van der Waals surface area contributed by atoms with Gasteiger partial charge >= 0.3 is 6.09 Å². The number of rotatable bonds is 4. The SMILES string of the molecule is NC(=O)OCCC(=O)c1ccccc1. The summed E-state index contributed by atoms with van der Waals surface area (Å²) in [5.41, 5.74) is 5.36. The maximum atomic E-state index is 11.4. The van der Waals surface area contributed by atoms with Crippen LogP contribution in [0.1, 0.15) is 16.8 Å². The molecule has 0 aromatic heterocycles. The summed E-state index contributed by atoms with van der Waals surface area (Å²) in [7, 11) is 0. The van der Waals surface area contributed by atoms with E-state index in [1.165, 1.54) is 0 Å². The number of nitrogens with two attached hydrogens (primary N) is 1. The number of hydrogen-bond donors (Lipinski definition) is 1. The Labute approximate surface area is 81.7 Å². The molecule has 74 valence electrons. The molecule has 0 aliphatic rings. The van der Waals surface area contributed by atoms with Crippen LogP contribution in [0.25, 0.3) is 0 Å². The van der Waals surface area contributed by atoms with Gasteiger partial charge in [-0.15, -0.1) is 0 Å². The van der Waals surface area contributed by atoms with Crippen LogP contribution < -0.4 is 5.73 Å². The monoisotopic (exact) mass is 193 g/mol. The fourth-order valence-corrected chi connectivity index (χ4v) is 1.01. The highest BCUT2D eigenvalue weighted by Gasteiger charge is 2.05. The van der Waals surface area contributed by atoms with Crippen LogP contribution in [0.2, 0.25) is 0 Å². The fraction of sp³-hybridized carbons (Fsp3) is 0.200. The highest BCUT2D eigenvalue weighted by atomic mass is 16.5. The molecule has 0 saturated carbocycles. The summed E-state index contributed by atoms with van der Waals surface area (Å²) in [6.07, 6.45) is -0.696. The van der Waals surface area contributed by atoms with Crippen molar-refractivity contribution in [3.8, 4) is 0 Å². The number of hydrogen-bond acceptors (Lipinski definition) is 3. The zero-order valence-corrected chi connectivity index (χ0v) is 7.60. The molecule has 4 heteroatoms. The number of primary amides is 1. The highest BCUT2D eigenvalue weighted by molar-refractivity contribution is 5.96. The number of carbonyl (C=O) groups is 2. The van der Waals surface area contributed by atoms with Gasteiger partial charge in [0.1, 0.15) is 6.61 Å². The van der Waals surface area contributed by atoms with Gasteiger partial charge in [-0.3, -0.25) is 4.79 Å². The van der Waals surface area contributed by atoms with Crippen LogP contribution in [0.3, 0.4) is 0 Å². The summed E-state index contributed by atoms with van der Waals surface area (Å²) in [5.74, 6) is -0.0631. The Morgan fingerprint density at radius 2 is 1.86 bits per heavy atom. The van der Waals surface area contributed by atoms with E-state index in [0.29, 0.717) is 5.56 Å². The van der Waals surface area contributed by atoms with Gasteiger partial charge < -0.3 is 10.5 Å². The van der Waals surface area contributed by atoms with Crippen molar-refractivity contribution in [2.45, 2.75) is 6.42 Å². The molecule has 0 fully saturated rings. The molecule has 0 atom stereocenters. The number of carbonyl (C=O) groups excluding carboxylic acids is 2. The lowest BCUT2D eigenvalue weighted by Gasteiger charge is -2.00. The third-order valence-corrected chi connectivity index (χ3v) is 1.67. The van der Waals surface area contributed by atoms with Crippen molar-refractivity contribution in [3.63, 3.8) is 0 Å². The van der Waals surface area contributed by atoms with Gasteiger partial charge in [-0.25, -0.2) is 4.79 Å². The van der Waals surface area contributed by atoms with Crippen molar-refractivity contribution in [2.75, 3.05) is 6.61 Å². The second-order valence-corrected chi connectivity index (χ2v) is 2.71. The quantitative estimate of drug-likeness (QED) is 0.734. The first-order valence-corrected chi connectivity index (χ1v) is 4.20. The van der Waals surface area contributed by atoms with Crippen LogP contribution in [0.4, 0.5) is 4.79 Å². The van der Waals surface area contributed by atoms with E-state index >= 15 is 0 Å². The molecule has 1 aromatic carbocycles. The van der Waals surface area contributed by atoms with Crippen LogP contribution in [0, 0.1) is 0 Å². The average Bonchev–Trinajstić information content (AvgIpc) is 2.18. The van der Waals surface area contributed by atoms with Gasteiger partial charge in [0.25, 0.3) is 0 Å². The van der Waals surface area contributed by atoms with Crippen molar-refractivity contribution in [1.29, 1.82) is 0 Å². The van der Waals surface area contributed by atoms with E-state index in [4.69, 9.17) is 5.73 Å². The zero-order valence-electron chi connectivity index (χ0n) is 7.60. The van der Waals surface area contributed by atoms with E-state index in [2.05, 4.69) is 4.74 Å². The normalized spacial score (nSPS) is 9.43. The van der Waals surface area contributed by atoms with E-state index < -0.39 is 6.09 Å². The van der Waals surface area contributed by atoms with Gasteiger partial charge in [-0.1, -0.05) is 30.3 Å². The number of ketones is 1. The molecule has 0 spiro atoms. The summed E-state index contributed by atoms with van der Waals surface area (Å²) < 4.78 is 4.45. The van der Waals surface area contributed by atoms with E-state index in [-0.39, 0.29) is 18.8 Å². The standard InChI is InChI=1S/C10H11NO3/c11-10(13)14-7-6-9(12)8-4-2-1-3-5-8/h1-5H,6-7H2,(H2,11,13). The first kappa shape index (κ1) is 10.2. The molecule has 0 unspecified atom stereocenters. The number of amides is 1. The van der Waals surface area contributed by atoms with Gasteiger partial charge in [-0.05, 0) is 0 Å². The second-order valence-electron chi connectivity index (χ2n) is 2.71. The predicted molar refractivity (Wildman–Crippen MR) is 50.9 cm³/mol. The zero-order chi connectivity index (χ0) is 10.4. The van der Waals surface area contributed by atoms with Gasteiger partial charge in [0.2, 0.25) is 0 Å². The second kappa shape index (κ2) is 5.01. The van der Waals surface area contributed by atoms with Crippen LogP contribution in [0.15, 0.2) is 30.3 Å². The molecule has 0 aliphatic carbocycles. The third-order valence-electron chi connectivity index (χ3n) is 1.67. The predicted octanol–water partition coefficient (Wildman–Crippen LogP) is 1.35. The maximum Gasteiger partial charge on any atom is 0.404 e. The third kappa shape index (κ3) is 3.26. The largest absolute Gasteiger partial charge is 0.449 e. The van der Waals surface area contributed by atoms with Crippen LogP contribution >= 0.6 is 0 Å². The van der Waals surface area contributed by atoms with E-state index in [0.717, 1.165) is 0 Å². The van der Waals surface area contributed by atoms with E-state index in [1.807, 2.05) is 6.07 Å². The first-order valence-electron chi connectivity index (χ1n) is 4.20. The molecule has 2 N–H and O–H groups in total. The van der Waals surface area contributed by atoms with Crippen LogP contribution in [0.5, 0.6) is 0 Å². The Morgan fingerprint density at radius 3 is 2.43 bits per heavy atom. The Morgan fingerprint density at radius 1 is 1.21 bits per heavy atom. The Kier molecular flexibility index (Phi) is 3.67. The van der Waals surface area contributed by atoms with Gasteiger partial charge in [0.05, 0.1) is 0 Å². The molecule has 0 saturated heterocycles. The Hall–Kier alpha value is -1.84. The van der Waals surface area contributed by atoms with Crippen molar-refractivity contribution in [3.05, 3.63) is 35.9 Å². The molecule has 1 amide bonds. The van der Waals surface area contributed by atoms with Crippen LogP contribution in [-0.2, 0) is 4.74 Å². The Bertz CT molecular complexity index is 321. The summed E-state index contributed by atoms with van der Waals surface area (Å²) in [6, 6.07) is 8.82. The summed E-state index contributed by atoms with van der Waals surface area (Å²) in [5, 5.41) is 0. The molecule has 0 radical (unpaired) electrons. The molecule has 0 aliphatic heterocycles. The minimum Gasteiger partial charge on any atom is -0.449 e. The fourth-order valence-electron chi connectivity index (χ4n) is 1.01. The smallest absolute Gasteiger partial charge is 0.404 e. The molecular formula is C10H11NO3. The van der Waals surface area contributed by atoms with Crippen LogP contribution in [-0.4, -0.2) is 18.5 Å². The first-order chi connectivity index (χ1) is 6.70. The minimum atomic E-state index is -0.856. The topological polar surface area (TPSA) is 69.4 Å². The number of Topliss-reactive ketones (excluding diaryl/α,β-unsaturated/α-hetero) is 1.